The van der Waals surface area contributed by atoms with Crippen molar-refractivity contribution in [1.29, 1.82) is 0 Å². The third-order valence-corrected chi connectivity index (χ3v) is 4.83. The van der Waals surface area contributed by atoms with E-state index >= 15 is 0 Å². The quantitative estimate of drug-likeness (QED) is 0.617. The van der Waals surface area contributed by atoms with Crippen LogP contribution in [0, 0.1) is 0 Å². The van der Waals surface area contributed by atoms with E-state index < -0.39 is 5.97 Å². The van der Waals surface area contributed by atoms with Gasteiger partial charge in [0.1, 0.15) is 4.88 Å². The lowest BCUT2D eigenvalue weighted by Gasteiger charge is -2.23. The monoisotopic (exact) mass is 296 g/mol. The van der Waals surface area contributed by atoms with Crippen molar-refractivity contribution in [2.24, 2.45) is 0 Å². The van der Waals surface area contributed by atoms with Gasteiger partial charge in [0.15, 0.2) is 16.6 Å². The summed E-state index contributed by atoms with van der Waals surface area (Å²) < 4.78 is 4.97. The Labute approximate surface area is 122 Å². The molecule has 0 amide bonds. The number of aromatic nitrogens is 1. The van der Waals surface area contributed by atoms with Gasteiger partial charge in [0, 0.05) is 20.0 Å². The van der Waals surface area contributed by atoms with Crippen molar-refractivity contribution in [1.82, 2.24) is 4.98 Å². The largest absolute Gasteiger partial charge is 0.461 e. The summed E-state index contributed by atoms with van der Waals surface area (Å²) >= 11 is 1.28. The molecule has 0 radical (unpaired) electrons. The van der Waals surface area contributed by atoms with Crippen molar-refractivity contribution in [2.75, 3.05) is 18.6 Å². The first kappa shape index (κ1) is 15.0. The molecule has 1 heterocycles. The first-order valence-electron chi connectivity index (χ1n) is 6.96. The van der Waals surface area contributed by atoms with E-state index in [0.717, 1.165) is 18.0 Å². The summed E-state index contributed by atoms with van der Waals surface area (Å²) in [6.07, 6.45) is 4.73. The highest BCUT2D eigenvalue weighted by Gasteiger charge is 2.27. The van der Waals surface area contributed by atoms with Gasteiger partial charge >= 0.3 is 5.97 Å². The maximum absolute atomic E-state index is 11.9. The Morgan fingerprint density at radius 2 is 2.05 bits per heavy atom. The average Bonchev–Trinajstić information content (AvgIpc) is 3.07. The molecule has 110 valence electrons. The summed E-state index contributed by atoms with van der Waals surface area (Å²) in [7, 11) is 1.98. The fourth-order valence-electron chi connectivity index (χ4n) is 2.48. The van der Waals surface area contributed by atoms with E-state index in [1.54, 1.807) is 6.92 Å². The number of esters is 1. The predicted octanol–water partition coefficient (Wildman–Crippen LogP) is 2.90. The molecular formula is C14H20N2O3S. The minimum absolute atomic E-state index is 0.142. The maximum atomic E-state index is 11.9. The van der Waals surface area contributed by atoms with Gasteiger partial charge in [-0.15, -0.1) is 0 Å². The fourth-order valence-corrected chi connectivity index (χ4v) is 3.47. The normalized spacial score (nSPS) is 15.3. The molecule has 6 heteroatoms. The van der Waals surface area contributed by atoms with Crippen LogP contribution in [0.1, 0.15) is 59.7 Å². The highest BCUT2D eigenvalue weighted by molar-refractivity contribution is 7.17. The first-order chi connectivity index (χ1) is 9.54. The van der Waals surface area contributed by atoms with Crippen LogP contribution in [0.2, 0.25) is 0 Å². The molecule has 1 aliphatic rings. The summed E-state index contributed by atoms with van der Waals surface area (Å²) in [6, 6.07) is 0.455. The van der Waals surface area contributed by atoms with Gasteiger partial charge in [-0.2, -0.15) is 0 Å². The number of hydrogen-bond acceptors (Lipinski definition) is 6. The summed E-state index contributed by atoms with van der Waals surface area (Å²) in [5.41, 5.74) is 0.157. The number of carbonyl (C=O) groups is 2. The van der Waals surface area contributed by atoms with Crippen LogP contribution in [0.5, 0.6) is 0 Å². The Morgan fingerprint density at radius 3 is 2.60 bits per heavy atom. The van der Waals surface area contributed by atoms with Crippen molar-refractivity contribution in [3.05, 3.63) is 10.6 Å². The van der Waals surface area contributed by atoms with Gasteiger partial charge in [-0.25, -0.2) is 9.78 Å². The summed E-state index contributed by atoms with van der Waals surface area (Å²) in [5.74, 6) is -0.656. The molecule has 1 aromatic heterocycles. The molecule has 2 rings (SSSR count). The van der Waals surface area contributed by atoms with E-state index in [1.807, 2.05) is 7.05 Å². The van der Waals surface area contributed by atoms with Crippen LogP contribution in [0.4, 0.5) is 5.13 Å². The third kappa shape index (κ3) is 3.00. The zero-order valence-corrected chi connectivity index (χ0v) is 13.0. The zero-order chi connectivity index (χ0) is 14.7. The number of ether oxygens (including phenoxy) is 1. The van der Waals surface area contributed by atoms with E-state index in [2.05, 4.69) is 9.88 Å². The minimum Gasteiger partial charge on any atom is -0.461 e. The van der Waals surface area contributed by atoms with Gasteiger partial charge in [-0.1, -0.05) is 24.2 Å². The van der Waals surface area contributed by atoms with Gasteiger partial charge in [0.2, 0.25) is 0 Å². The molecule has 0 atom stereocenters. The summed E-state index contributed by atoms with van der Waals surface area (Å²) in [5, 5.41) is 0.727. The highest BCUT2D eigenvalue weighted by Crippen LogP contribution is 2.32. The second kappa shape index (κ2) is 6.35. The Kier molecular flexibility index (Phi) is 4.75. The van der Waals surface area contributed by atoms with Crippen LogP contribution in [-0.2, 0) is 4.74 Å². The lowest BCUT2D eigenvalue weighted by molar-refractivity contribution is 0.0517. The molecule has 20 heavy (non-hydrogen) atoms. The number of carbonyl (C=O) groups excluding carboxylic acids is 2. The lowest BCUT2D eigenvalue weighted by Crippen LogP contribution is -2.28. The van der Waals surface area contributed by atoms with Crippen molar-refractivity contribution in [3.8, 4) is 0 Å². The molecule has 0 saturated heterocycles. The lowest BCUT2D eigenvalue weighted by atomic mass is 10.2. The molecule has 1 saturated carbocycles. The Bertz CT molecular complexity index is 507. The van der Waals surface area contributed by atoms with Gasteiger partial charge in [-0.3, -0.25) is 4.79 Å². The topological polar surface area (TPSA) is 59.5 Å². The second-order valence-electron chi connectivity index (χ2n) is 5.00. The number of Topliss-reactive ketones (excluding diaryl/α,β-unsaturated/α-hetero) is 1. The van der Waals surface area contributed by atoms with Gasteiger partial charge < -0.3 is 9.64 Å². The Morgan fingerprint density at radius 1 is 1.40 bits per heavy atom. The van der Waals surface area contributed by atoms with Crippen LogP contribution in [0.3, 0.4) is 0 Å². The van der Waals surface area contributed by atoms with Crippen molar-refractivity contribution in [2.45, 2.75) is 45.6 Å². The molecule has 1 aliphatic carbocycles. The molecule has 1 fully saturated rings. The standard InChI is InChI=1S/C14H20N2O3S/c1-4-19-13(18)11-12(9(2)17)20-14(15-11)16(3)10-7-5-6-8-10/h10H,4-8H2,1-3H3. The van der Waals surface area contributed by atoms with Crippen molar-refractivity contribution < 1.29 is 14.3 Å². The zero-order valence-electron chi connectivity index (χ0n) is 12.1. The predicted molar refractivity (Wildman–Crippen MR) is 78.7 cm³/mol. The smallest absolute Gasteiger partial charge is 0.358 e. The van der Waals surface area contributed by atoms with Crippen LogP contribution in [0.15, 0.2) is 0 Å². The molecule has 5 nitrogen and oxygen atoms in total. The molecule has 0 spiro atoms. The van der Waals surface area contributed by atoms with Crippen LogP contribution in [-0.4, -0.2) is 36.4 Å². The van der Waals surface area contributed by atoms with E-state index in [9.17, 15) is 9.59 Å². The van der Waals surface area contributed by atoms with Crippen molar-refractivity contribution in [3.63, 3.8) is 0 Å². The number of ketones is 1. The van der Waals surface area contributed by atoms with E-state index in [-0.39, 0.29) is 18.1 Å². The van der Waals surface area contributed by atoms with E-state index in [4.69, 9.17) is 4.74 Å². The second-order valence-corrected chi connectivity index (χ2v) is 5.98. The summed E-state index contributed by atoms with van der Waals surface area (Å²) in [6.45, 7) is 3.47. The molecule has 0 unspecified atom stereocenters. The number of anilines is 1. The molecular weight excluding hydrogens is 276 g/mol. The molecule has 0 aliphatic heterocycles. The SMILES string of the molecule is CCOC(=O)c1nc(N(C)C2CCCC2)sc1C(C)=O. The number of rotatable bonds is 5. The third-order valence-electron chi connectivity index (χ3n) is 3.58. The average molecular weight is 296 g/mol. The van der Waals surface area contributed by atoms with Gasteiger partial charge in [-0.05, 0) is 19.8 Å². The number of nitrogens with zero attached hydrogens (tertiary/aromatic N) is 2. The number of hydrogen-bond donors (Lipinski definition) is 0. The van der Waals surface area contributed by atoms with Gasteiger partial charge in [0.05, 0.1) is 6.61 Å². The Hall–Kier alpha value is -1.43. The van der Waals surface area contributed by atoms with Crippen LogP contribution < -0.4 is 4.90 Å². The molecule has 1 aromatic rings. The Balaban J connectivity index is 2.28. The fraction of sp³-hybridized carbons (Fsp3) is 0.643. The van der Waals surface area contributed by atoms with E-state index in [0.29, 0.717) is 10.9 Å². The first-order valence-corrected chi connectivity index (χ1v) is 7.78. The maximum Gasteiger partial charge on any atom is 0.358 e. The van der Waals surface area contributed by atoms with Crippen LogP contribution >= 0.6 is 11.3 Å². The molecule has 0 aromatic carbocycles. The van der Waals surface area contributed by atoms with Crippen LogP contribution in [0.25, 0.3) is 0 Å². The molecule has 0 N–H and O–H groups in total. The number of thiazole rings is 1. The molecule has 0 bridgehead atoms. The minimum atomic E-state index is -0.514. The van der Waals surface area contributed by atoms with Gasteiger partial charge in [0.25, 0.3) is 0 Å². The van der Waals surface area contributed by atoms with Crippen molar-refractivity contribution >= 4 is 28.2 Å². The highest BCUT2D eigenvalue weighted by atomic mass is 32.1. The van der Waals surface area contributed by atoms with E-state index in [1.165, 1.54) is 31.1 Å². The summed E-state index contributed by atoms with van der Waals surface area (Å²) in [4.78, 5) is 30.4.